The van der Waals surface area contributed by atoms with E-state index in [0.717, 1.165) is 24.4 Å². The molecule has 0 saturated heterocycles. The molecule has 0 saturated carbocycles. The molecule has 1 unspecified atom stereocenters. The van der Waals surface area contributed by atoms with Crippen LogP contribution in [0.3, 0.4) is 0 Å². The zero-order valence-corrected chi connectivity index (χ0v) is 15.0. The van der Waals surface area contributed by atoms with Gasteiger partial charge in [0, 0.05) is 40.6 Å². The van der Waals surface area contributed by atoms with Gasteiger partial charge >= 0.3 is 0 Å². The summed E-state index contributed by atoms with van der Waals surface area (Å²) in [6, 6.07) is 17.2. The number of amides is 1. The van der Waals surface area contributed by atoms with E-state index >= 15 is 0 Å². The summed E-state index contributed by atoms with van der Waals surface area (Å²) < 4.78 is 11.3. The van der Waals surface area contributed by atoms with Crippen LogP contribution in [-0.4, -0.2) is 41.4 Å². The topological polar surface area (TPSA) is 49.4 Å². The second-order valence-electron chi connectivity index (χ2n) is 5.81. The van der Waals surface area contributed by atoms with Crippen LogP contribution < -0.4 is 5.32 Å². The fraction of sp³-hybridized carbons (Fsp3) is 0.316. The van der Waals surface area contributed by atoms with E-state index < -0.39 is 10.8 Å². The van der Waals surface area contributed by atoms with E-state index in [1.807, 2.05) is 18.2 Å². The van der Waals surface area contributed by atoms with Crippen molar-refractivity contribution in [3.05, 3.63) is 65.7 Å². The normalized spacial score (nSPS) is 12.1. The molecule has 0 bridgehead atoms. The van der Waals surface area contributed by atoms with Gasteiger partial charge in [-0.2, -0.15) is 0 Å². The first kappa shape index (κ1) is 18.4. The number of hydrogen-bond acceptors (Lipinski definition) is 3. The zero-order valence-electron chi connectivity index (χ0n) is 14.2. The van der Waals surface area contributed by atoms with Crippen molar-refractivity contribution in [2.75, 3.05) is 26.4 Å². The Balaban J connectivity index is 1.69. The molecular formula is C19H24N2O2S. The predicted molar refractivity (Wildman–Crippen MR) is 98.5 cm³/mol. The molecule has 0 spiro atoms. The van der Waals surface area contributed by atoms with Crippen LogP contribution >= 0.6 is 0 Å². The third kappa shape index (κ3) is 5.91. The minimum atomic E-state index is -1.02. The Labute approximate surface area is 146 Å². The van der Waals surface area contributed by atoms with Crippen LogP contribution in [0.2, 0.25) is 0 Å². The number of nitrogens with zero attached hydrogens (tertiary/aromatic N) is 1. The summed E-state index contributed by atoms with van der Waals surface area (Å²) in [7, 11) is 1.06. The highest BCUT2D eigenvalue weighted by Gasteiger charge is 2.06. The fourth-order valence-corrected chi connectivity index (χ4v) is 2.94. The average Bonchev–Trinajstić information content (AvgIpc) is 2.59. The standard InChI is InChI=1S/C19H24N2O2S/c1-21(15-16-7-4-3-5-8-16)14-6-13-20-19(22)17-9-11-18(12-10-17)24(2)23/h3-5,7-12H,6,13-15H2,1-2H3,(H,20,22). The van der Waals surface area contributed by atoms with Crippen LogP contribution in [0.4, 0.5) is 0 Å². The van der Waals surface area contributed by atoms with Gasteiger partial charge in [-0.25, -0.2) is 0 Å². The molecule has 4 nitrogen and oxygen atoms in total. The third-order valence-corrected chi connectivity index (χ3v) is 4.68. The molecule has 0 aliphatic rings. The Morgan fingerprint density at radius 1 is 1.08 bits per heavy atom. The van der Waals surface area contributed by atoms with Gasteiger partial charge in [-0.15, -0.1) is 0 Å². The lowest BCUT2D eigenvalue weighted by molar-refractivity contribution is 0.0952. The van der Waals surface area contributed by atoms with E-state index in [1.54, 1.807) is 30.5 Å². The molecule has 5 heteroatoms. The molecule has 0 heterocycles. The van der Waals surface area contributed by atoms with Crippen molar-refractivity contribution in [2.45, 2.75) is 17.9 Å². The lowest BCUT2D eigenvalue weighted by atomic mass is 10.2. The number of nitrogens with one attached hydrogen (secondary N) is 1. The van der Waals surface area contributed by atoms with Gasteiger partial charge < -0.3 is 10.2 Å². The molecule has 1 amide bonds. The van der Waals surface area contributed by atoms with E-state index in [-0.39, 0.29) is 5.91 Å². The molecular weight excluding hydrogens is 320 g/mol. The first-order chi connectivity index (χ1) is 11.6. The van der Waals surface area contributed by atoms with Crippen LogP contribution in [0.5, 0.6) is 0 Å². The maximum Gasteiger partial charge on any atom is 0.251 e. The van der Waals surface area contributed by atoms with E-state index in [9.17, 15) is 9.00 Å². The van der Waals surface area contributed by atoms with Crippen molar-refractivity contribution in [2.24, 2.45) is 0 Å². The van der Waals surface area contributed by atoms with Gasteiger partial charge in [0.05, 0.1) is 0 Å². The van der Waals surface area contributed by atoms with Gasteiger partial charge in [0.15, 0.2) is 0 Å². The summed E-state index contributed by atoms with van der Waals surface area (Å²) in [5, 5.41) is 2.93. The second kappa shape index (κ2) is 9.35. The van der Waals surface area contributed by atoms with Crippen LogP contribution in [0, 0.1) is 0 Å². The van der Waals surface area contributed by atoms with Gasteiger partial charge in [0.25, 0.3) is 5.91 Å². The largest absolute Gasteiger partial charge is 0.352 e. The number of hydrogen-bond donors (Lipinski definition) is 1. The van der Waals surface area contributed by atoms with Crippen LogP contribution in [0.25, 0.3) is 0 Å². The van der Waals surface area contributed by atoms with E-state index in [2.05, 4.69) is 29.4 Å². The maximum absolute atomic E-state index is 12.1. The molecule has 0 fully saturated rings. The second-order valence-corrected chi connectivity index (χ2v) is 7.19. The lowest BCUT2D eigenvalue weighted by Crippen LogP contribution is -2.28. The van der Waals surface area contributed by atoms with Gasteiger partial charge in [0.1, 0.15) is 0 Å². The molecule has 0 aliphatic heterocycles. The van der Waals surface area contributed by atoms with E-state index in [4.69, 9.17) is 0 Å². The van der Waals surface area contributed by atoms with Crippen LogP contribution in [0.1, 0.15) is 22.3 Å². The SMILES string of the molecule is CN(CCCNC(=O)c1ccc(S(C)=O)cc1)Cc1ccccc1. The van der Waals surface area contributed by atoms with Crippen molar-refractivity contribution < 1.29 is 9.00 Å². The van der Waals surface area contributed by atoms with Gasteiger partial charge in [-0.1, -0.05) is 30.3 Å². The summed E-state index contributed by atoms with van der Waals surface area (Å²) in [5.74, 6) is -0.0888. The van der Waals surface area contributed by atoms with Crippen LogP contribution in [-0.2, 0) is 17.3 Å². The molecule has 0 radical (unpaired) electrons. The smallest absolute Gasteiger partial charge is 0.251 e. The predicted octanol–water partition coefficient (Wildman–Crippen LogP) is 2.68. The van der Waals surface area contributed by atoms with Crippen molar-refractivity contribution in [1.29, 1.82) is 0 Å². The molecule has 1 N–H and O–H groups in total. The Bertz CT molecular complexity index is 672. The van der Waals surface area contributed by atoms with Gasteiger partial charge in [-0.3, -0.25) is 9.00 Å². The Morgan fingerprint density at radius 2 is 1.75 bits per heavy atom. The summed E-state index contributed by atoms with van der Waals surface area (Å²) in [4.78, 5) is 15.0. The monoisotopic (exact) mass is 344 g/mol. The quantitative estimate of drug-likeness (QED) is 0.749. The first-order valence-electron chi connectivity index (χ1n) is 8.00. The summed E-state index contributed by atoms with van der Waals surface area (Å²) in [5.41, 5.74) is 1.89. The van der Waals surface area contributed by atoms with Crippen molar-refractivity contribution in [3.63, 3.8) is 0 Å². The van der Waals surface area contributed by atoms with Gasteiger partial charge in [0.2, 0.25) is 0 Å². The number of carbonyl (C=O) groups excluding carboxylic acids is 1. The molecule has 0 aliphatic carbocycles. The maximum atomic E-state index is 12.1. The molecule has 2 aromatic carbocycles. The van der Waals surface area contributed by atoms with E-state index in [0.29, 0.717) is 12.1 Å². The van der Waals surface area contributed by atoms with Crippen molar-refractivity contribution in [3.8, 4) is 0 Å². The minimum absolute atomic E-state index is 0.0888. The van der Waals surface area contributed by atoms with Crippen molar-refractivity contribution >= 4 is 16.7 Å². The number of carbonyl (C=O) groups is 1. The Hall–Kier alpha value is -1.98. The third-order valence-electron chi connectivity index (χ3n) is 3.75. The highest BCUT2D eigenvalue weighted by atomic mass is 32.2. The molecule has 2 rings (SSSR count). The number of benzene rings is 2. The Morgan fingerprint density at radius 3 is 2.38 bits per heavy atom. The molecule has 1 atom stereocenters. The zero-order chi connectivity index (χ0) is 17.4. The summed E-state index contributed by atoms with van der Waals surface area (Å²) in [6.45, 7) is 2.47. The summed E-state index contributed by atoms with van der Waals surface area (Å²) in [6.07, 6.45) is 2.52. The minimum Gasteiger partial charge on any atom is -0.352 e. The first-order valence-corrected chi connectivity index (χ1v) is 9.56. The molecule has 24 heavy (non-hydrogen) atoms. The molecule has 2 aromatic rings. The van der Waals surface area contributed by atoms with E-state index in [1.165, 1.54) is 5.56 Å². The van der Waals surface area contributed by atoms with Gasteiger partial charge in [-0.05, 0) is 49.8 Å². The molecule has 128 valence electrons. The van der Waals surface area contributed by atoms with Crippen LogP contribution in [0.15, 0.2) is 59.5 Å². The highest BCUT2D eigenvalue weighted by Crippen LogP contribution is 2.07. The molecule has 0 aromatic heterocycles. The number of rotatable bonds is 8. The van der Waals surface area contributed by atoms with Crippen molar-refractivity contribution in [1.82, 2.24) is 10.2 Å². The highest BCUT2D eigenvalue weighted by molar-refractivity contribution is 7.84. The average molecular weight is 344 g/mol. The Kier molecular flexibility index (Phi) is 7.15. The summed E-state index contributed by atoms with van der Waals surface area (Å²) >= 11 is 0. The fourth-order valence-electron chi connectivity index (χ4n) is 2.43. The lowest BCUT2D eigenvalue weighted by Gasteiger charge is -2.16.